The normalized spacial score (nSPS) is 27.8. The second-order valence-corrected chi connectivity index (χ2v) is 9.48. The molecule has 0 aromatic rings. The van der Waals surface area contributed by atoms with Crippen molar-refractivity contribution >= 4 is 23.9 Å². The molecule has 7 unspecified atom stereocenters. The molecule has 0 aromatic carbocycles. The molecule has 7 atom stereocenters. The lowest BCUT2D eigenvalue weighted by molar-refractivity contribution is -0.192. The fourth-order valence-corrected chi connectivity index (χ4v) is 3.83. The largest absolute Gasteiger partial charge is 0.466 e. The summed E-state index contributed by atoms with van der Waals surface area (Å²) in [5.41, 5.74) is -1.66. The van der Waals surface area contributed by atoms with Gasteiger partial charge in [0, 0.05) is 5.57 Å². The van der Waals surface area contributed by atoms with Gasteiger partial charge in [-0.25, -0.2) is 14.4 Å². The van der Waals surface area contributed by atoms with Crippen LogP contribution in [0.4, 0.5) is 0 Å². The third-order valence-electron chi connectivity index (χ3n) is 6.72. The van der Waals surface area contributed by atoms with Gasteiger partial charge in [0.1, 0.15) is 6.10 Å². The van der Waals surface area contributed by atoms with Crippen LogP contribution in [0.25, 0.3) is 0 Å². The van der Waals surface area contributed by atoms with Crippen LogP contribution in [-0.2, 0) is 38.1 Å². The van der Waals surface area contributed by atoms with Crippen LogP contribution in [-0.4, -0.2) is 71.2 Å². The fraction of sp³-hybridized carbons (Fsp3) is 0.615. The summed E-state index contributed by atoms with van der Waals surface area (Å²) >= 11 is 0. The zero-order chi connectivity index (χ0) is 27.4. The van der Waals surface area contributed by atoms with Crippen LogP contribution in [0.1, 0.15) is 53.9 Å². The standard InChI is InChI=1S/C26H36O10/c1-8-14(3)22(28)35-20-17(24(30)33-7)11-9-10-13(2)12-18-19(15(4)23(29)34-18)21(20)36-25(31)26(6,32)16(5)27/h11-12,14,16,18-21,27,32H,4,8-10H2,1-3,5-7H3. The Morgan fingerprint density at radius 1 is 1.28 bits per heavy atom. The molecule has 10 heteroatoms. The van der Waals surface area contributed by atoms with E-state index in [0.717, 1.165) is 19.6 Å². The third-order valence-corrected chi connectivity index (χ3v) is 6.72. The van der Waals surface area contributed by atoms with Gasteiger partial charge in [-0.1, -0.05) is 32.1 Å². The second kappa shape index (κ2) is 11.8. The zero-order valence-corrected chi connectivity index (χ0v) is 21.6. The van der Waals surface area contributed by atoms with E-state index in [2.05, 4.69) is 6.58 Å². The van der Waals surface area contributed by atoms with Crippen molar-refractivity contribution < 1.29 is 48.3 Å². The molecule has 1 aliphatic carbocycles. The summed E-state index contributed by atoms with van der Waals surface area (Å²) in [4.78, 5) is 51.4. The summed E-state index contributed by atoms with van der Waals surface area (Å²) in [7, 11) is 1.16. The van der Waals surface area contributed by atoms with Crippen molar-refractivity contribution in [1.82, 2.24) is 0 Å². The van der Waals surface area contributed by atoms with E-state index in [1.165, 1.54) is 13.0 Å². The molecular weight excluding hydrogens is 472 g/mol. The van der Waals surface area contributed by atoms with E-state index in [1.54, 1.807) is 19.9 Å². The van der Waals surface area contributed by atoms with E-state index in [4.69, 9.17) is 18.9 Å². The zero-order valence-electron chi connectivity index (χ0n) is 21.6. The molecular formula is C26H36O10. The highest BCUT2D eigenvalue weighted by atomic mass is 16.6. The Kier molecular flexibility index (Phi) is 9.62. The van der Waals surface area contributed by atoms with Crippen LogP contribution < -0.4 is 0 Å². The van der Waals surface area contributed by atoms with Gasteiger partial charge in [0.05, 0.1) is 30.6 Å². The van der Waals surface area contributed by atoms with Crippen LogP contribution in [0.2, 0.25) is 0 Å². The predicted molar refractivity (Wildman–Crippen MR) is 127 cm³/mol. The van der Waals surface area contributed by atoms with Crippen molar-refractivity contribution in [2.24, 2.45) is 11.8 Å². The quantitative estimate of drug-likeness (QED) is 0.226. The summed E-state index contributed by atoms with van der Waals surface area (Å²) in [5, 5.41) is 20.5. The van der Waals surface area contributed by atoms with Crippen LogP contribution in [0, 0.1) is 11.8 Å². The molecule has 2 rings (SSSR count). The molecule has 1 saturated heterocycles. The molecule has 2 aliphatic rings. The highest BCUT2D eigenvalue weighted by Gasteiger charge is 2.52. The van der Waals surface area contributed by atoms with Crippen molar-refractivity contribution in [3.05, 3.63) is 35.5 Å². The molecule has 1 heterocycles. The molecule has 36 heavy (non-hydrogen) atoms. The average Bonchev–Trinajstić information content (AvgIpc) is 3.09. The van der Waals surface area contributed by atoms with Gasteiger partial charge < -0.3 is 29.2 Å². The number of methoxy groups -OCH3 is 1. The van der Waals surface area contributed by atoms with Gasteiger partial charge in [-0.15, -0.1) is 0 Å². The summed E-state index contributed by atoms with van der Waals surface area (Å²) in [6.07, 6.45) is -0.990. The Morgan fingerprint density at radius 3 is 2.47 bits per heavy atom. The third kappa shape index (κ3) is 6.22. The Bertz CT molecular complexity index is 958. The molecule has 10 nitrogen and oxygen atoms in total. The minimum atomic E-state index is -2.35. The molecule has 1 aliphatic heterocycles. The second-order valence-electron chi connectivity index (χ2n) is 9.48. The molecule has 0 saturated carbocycles. The first-order valence-corrected chi connectivity index (χ1v) is 11.9. The van der Waals surface area contributed by atoms with Gasteiger partial charge in [-0.05, 0) is 46.1 Å². The van der Waals surface area contributed by atoms with Gasteiger partial charge in [0.25, 0.3) is 0 Å². The van der Waals surface area contributed by atoms with E-state index in [-0.39, 0.29) is 11.1 Å². The van der Waals surface area contributed by atoms with E-state index in [0.29, 0.717) is 19.3 Å². The number of allylic oxidation sites excluding steroid dienone is 2. The van der Waals surface area contributed by atoms with E-state index < -0.39 is 65.7 Å². The molecule has 2 N–H and O–H groups in total. The minimum Gasteiger partial charge on any atom is -0.466 e. The molecule has 1 fully saturated rings. The van der Waals surface area contributed by atoms with Crippen molar-refractivity contribution in [3.63, 3.8) is 0 Å². The highest BCUT2D eigenvalue weighted by Crippen LogP contribution is 2.38. The summed E-state index contributed by atoms with van der Waals surface area (Å²) in [5.74, 6) is -5.11. The lowest BCUT2D eigenvalue weighted by atomic mass is 9.83. The number of fused-ring (bicyclic) bond motifs is 1. The monoisotopic (exact) mass is 508 g/mol. The Morgan fingerprint density at radius 2 is 1.92 bits per heavy atom. The first-order chi connectivity index (χ1) is 16.8. The minimum absolute atomic E-state index is 0.0621. The number of ether oxygens (including phenoxy) is 4. The summed E-state index contributed by atoms with van der Waals surface area (Å²) in [6.45, 7) is 11.3. The number of rotatable bonds is 7. The SMILES string of the molecule is C=C1C(=O)OC2C=C(C)CCC=C(C(=O)OC)C(OC(=O)C(C)CC)C(OC(=O)C(C)(O)C(C)O)C12. The predicted octanol–water partition coefficient (Wildman–Crippen LogP) is 1.93. The number of carbonyl (C=O) groups is 4. The van der Waals surface area contributed by atoms with Crippen molar-refractivity contribution in [3.8, 4) is 0 Å². The topological polar surface area (TPSA) is 146 Å². The molecule has 0 spiro atoms. The first kappa shape index (κ1) is 29.3. The Balaban J connectivity index is 2.75. The maximum absolute atomic E-state index is 13.1. The smallest absolute Gasteiger partial charge is 0.341 e. The molecule has 0 amide bonds. The van der Waals surface area contributed by atoms with Gasteiger partial charge in [0.15, 0.2) is 17.8 Å². The van der Waals surface area contributed by atoms with Gasteiger partial charge >= 0.3 is 23.9 Å². The van der Waals surface area contributed by atoms with Crippen molar-refractivity contribution in [1.29, 1.82) is 0 Å². The fourth-order valence-electron chi connectivity index (χ4n) is 3.83. The lowest BCUT2D eigenvalue weighted by Gasteiger charge is -2.36. The average molecular weight is 509 g/mol. The Hall–Kier alpha value is -2.98. The summed E-state index contributed by atoms with van der Waals surface area (Å²) < 4.78 is 21.8. The van der Waals surface area contributed by atoms with Crippen LogP contribution >= 0.6 is 0 Å². The number of hydrogen-bond donors (Lipinski definition) is 2. The van der Waals surface area contributed by atoms with Gasteiger partial charge in [0.2, 0.25) is 0 Å². The number of aliphatic hydroxyl groups is 2. The Labute approximate surface area is 210 Å². The van der Waals surface area contributed by atoms with E-state index in [9.17, 15) is 29.4 Å². The maximum atomic E-state index is 13.1. The molecule has 0 radical (unpaired) electrons. The van der Waals surface area contributed by atoms with Crippen molar-refractivity contribution in [2.45, 2.75) is 83.9 Å². The number of esters is 4. The van der Waals surface area contributed by atoms with E-state index in [1.807, 2.05) is 6.92 Å². The van der Waals surface area contributed by atoms with E-state index >= 15 is 0 Å². The first-order valence-electron chi connectivity index (χ1n) is 11.9. The molecule has 200 valence electrons. The summed E-state index contributed by atoms with van der Waals surface area (Å²) in [6, 6.07) is 0. The number of aliphatic hydroxyl groups excluding tert-OH is 1. The number of carbonyl (C=O) groups excluding carboxylic acids is 4. The van der Waals surface area contributed by atoms with Gasteiger partial charge in [-0.3, -0.25) is 4.79 Å². The molecule has 0 aromatic heterocycles. The van der Waals surface area contributed by atoms with Crippen LogP contribution in [0.15, 0.2) is 35.5 Å². The lowest BCUT2D eigenvalue weighted by Crippen LogP contribution is -2.52. The van der Waals surface area contributed by atoms with Crippen LogP contribution in [0.5, 0.6) is 0 Å². The number of hydrogen-bond acceptors (Lipinski definition) is 10. The van der Waals surface area contributed by atoms with Crippen molar-refractivity contribution in [2.75, 3.05) is 7.11 Å². The van der Waals surface area contributed by atoms with Gasteiger partial charge in [-0.2, -0.15) is 0 Å². The maximum Gasteiger partial charge on any atom is 0.341 e. The van der Waals surface area contributed by atoms with Crippen LogP contribution in [0.3, 0.4) is 0 Å². The molecule has 0 bridgehead atoms. The highest BCUT2D eigenvalue weighted by molar-refractivity contribution is 5.93.